The van der Waals surface area contributed by atoms with Crippen molar-refractivity contribution < 1.29 is 9.47 Å². The molecule has 0 spiro atoms. The Labute approximate surface area is 164 Å². The molecule has 3 heterocycles. The molecule has 2 aliphatic heterocycles. The summed E-state index contributed by atoms with van der Waals surface area (Å²) in [5.41, 5.74) is 4.18. The third-order valence-corrected chi connectivity index (χ3v) is 5.14. The van der Waals surface area contributed by atoms with Crippen molar-refractivity contribution in [2.45, 2.75) is 25.6 Å². The van der Waals surface area contributed by atoms with Gasteiger partial charge in [-0.15, -0.1) is 0 Å². The van der Waals surface area contributed by atoms with E-state index in [1.165, 1.54) is 5.56 Å². The van der Waals surface area contributed by atoms with Crippen molar-refractivity contribution in [3.63, 3.8) is 0 Å². The van der Waals surface area contributed by atoms with Gasteiger partial charge in [-0.05, 0) is 55.0 Å². The topological polar surface area (TPSA) is 47.0 Å². The van der Waals surface area contributed by atoms with Crippen molar-refractivity contribution in [1.82, 2.24) is 9.99 Å². The monoisotopic (exact) mass is 371 g/mol. The number of fused-ring (bicyclic) bond motifs is 3. The second kappa shape index (κ2) is 7.00. The summed E-state index contributed by atoms with van der Waals surface area (Å²) < 4.78 is 11.9. The van der Waals surface area contributed by atoms with Crippen LogP contribution in [0.5, 0.6) is 11.5 Å². The zero-order chi connectivity index (χ0) is 18.9. The largest absolute Gasteiger partial charge is 0.494 e. The molecule has 0 radical (unpaired) electrons. The third kappa shape index (κ3) is 2.89. The van der Waals surface area contributed by atoms with E-state index >= 15 is 0 Å². The maximum Gasteiger partial charge on any atom is 0.230 e. The van der Waals surface area contributed by atoms with E-state index < -0.39 is 0 Å². The van der Waals surface area contributed by atoms with Gasteiger partial charge in [0.1, 0.15) is 17.2 Å². The summed E-state index contributed by atoms with van der Waals surface area (Å²) in [6.45, 7) is 2.65. The number of nitrogens with zero attached hydrogens (tertiary/aromatic N) is 3. The zero-order valence-electron chi connectivity index (χ0n) is 15.7. The fourth-order valence-corrected chi connectivity index (χ4v) is 3.84. The molecule has 3 aromatic rings. The zero-order valence-corrected chi connectivity index (χ0v) is 15.7. The molecule has 0 N–H and O–H groups in total. The molecule has 0 saturated heterocycles. The third-order valence-electron chi connectivity index (χ3n) is 5.14. The molecule has 0 amide bonds. The SMILES string of the molecule is CCOc1ccc(C2=NN3[C@@H](c4ccccn4)Oc4ccccc4[C@@H]3C2)cc1. The molecule has 1 aromatic heterocycles. The van der Waals surface area contributed by atoms with Crippen molar-refractivity contribution >= 4 is 5.71 Å². The van der Waals surface area contributed by atoms with Gasteiger partial charge < -0.3 is 9.47 Å². The molecule has 5 rings (SSSR count). The van der Waals surface area contributed by atoms with Crippen LogP contribution in [0.15, 0.2) is 78.0 Å². The van der Waals surface area contributed by atoms with Gasteiger partial charge in [0.25, 0.3) is 0 Å². The van der Waals surface area contributed by atoms with Crippen LogP contribution in [0.1, 0.15) is 42.4 Å². The summed E-state index contributed by atoms with van der Waals surface area (Å²) in [4.78, 5) is 4.51. The minimum absolute atomic E-state index is 0.138. The molecule has 0 unspecified atom stereocenters. The van der Waals surface area contributed by atoms with E-state index in [1.54, 1.807) is 6.20 Å². The normalized spacial score (nSPS) is 20.0. The van der Waals surface area contributed by atoms with Gasteiger partial charge in [0.05, 0.1) is 18.4 Å². The Morgan fingerprint density at radius 3 is 2.64 bits per heavy atom. The highest BCUT2D eigenvalue weighted by Crippen LogP contribution is 2.47. The first-order valence-electron chi connectivity index (χ1n) is 9.59. The Bertz CT molecular complexity index is 1000. The van der Waals surface area contributed by atoms with Crippen LogP contribution in [0.4, 0.5) is 0 Å². The van der Waals surface area contributed by atoms with Gasteiger partial charge in [0.15, 0.2) is 0 Å². The highest BCUT2D eigenvalue weighted by atomic mass is 16.5. The standard InChI is InChI=1S/C23H21N3O2/c1-2-27-17-12-10-16(11-13-17)20-15-21-18-7-3-4-9-22(18)28-23(26(21)25-20)19-8-5-6-14-24-19/h3-14,21,23H,2,15H2,1H3/t21-,23+/m0/s1. The van der Waals surface area contributed by atoms with Crippen LogP contribution < -0.4 is 9.47 Å². The lowest BCUT2D eigenvalue weighted by atomic mass is 9.96. The van der Waals surface area contributed by atoms with Crippen molar-refractivity contribution in [3.8, 4) is 11.5 Å². The summed E-state index contributed by atoms with van der Waals surface area (Å²) in [5, 5.41) is 7.01. The number of benzene rings is 2. The molecule has 5 heteroatoms. The summed E-state index contributed by atoms with van der Waals surface area (Å²) in [6.07, 6.45) is 2.29. The van der Waals surface area contributed by atoms with Gasteiger partial charge in [0, 0.05) is 18.2 Å². The molecule has 0 aliphatic carbocycles. The molecule has 0 fully saturated rings. The molecule has 2 aliphatic rings. The van der Waals surface area contributed by atoms with E-state index in [2.05, 4.69) is 34.3 Å². The highest BCUT2D eigenvalue weighted by molar-refractivity contribution is 6.02. The maximum absolute atomic E-state index is 6.30. The first kappa shape index (κ1) is 16.8. The predicted octanol–water partition coefficient (Wildman–Crippen LogP) is 4.72. The second-order valence-electron chi connectivity index (χ2n) is 6.87. The number of para-hydroxylation sites is 1. The van der Waals surface area contributed by atoms with Crippen molar-refractivity contribution in [3.05, 3.63) is 89.7 Å². The Kier molecular flexibility index (Phi) is 4.20. The quantitative estimate of drug-likeness (QED) is 0.666. The first-order valence-corrected chi connectivity index (χ1v) is 9.59. The van der Waals surface area contributed by atoms with Gasteiger partial charge in [-0.25, -0.2) is 5.01 Å². The molecule has 28 heavy (non-hydrogen) atoms. The van der Waals surface area contributed by atoms with E-state index in [-0.39, 0.29) is 12.3 Å². The summed E-state index contributed by atoms with van der Waals surface area (Å²) in [5.74, 6) is 1.78. The lowest BCUT2D eigenvalue weighted by molar-refractivity contribution is -0.0218. The van der Waals surface area contributed by atoms with Crippen molar-refractivity contribution in [2.75, 3.05) is 6.61 Å². The van der Waals surface area contributed by atoms with Gasteiger partial charge in [-0.3, -0.25) is 4.98 Å². The molecular weight excluding hydrogens is 350 g/mol. The molecule has 5 nitrogen and oxygen atoms in total. The van der Waals surface area contributed by atoms with Crippen molar-refractivity contribution in [1.29, 1.82) is 0 Å². The first-order chi connectivity index (χ1) is 13.8. The Morgan fingerprint density at radius 1 is 1.04 bits per heavy atom. The predicted molar refractivity (Wildman–Crippen MR) is 107 cm³/mol. The van der Waals surface area contributed by atoms with E-state index in [9.17, 15) is 0 Å². The lowest BCUT2D eigenvalue weighted by Crippen LogP contribution is -2.34. The number of hydrogen-bond acceptors (Lipinski definition) is 5. The van der Waals surface area contributed by atoms with E-state index in [4.69, 9.17) is 14.6 Å². The van der Waals surface area contributed by atoms with Gasteiger partial charge in [0.2, 0.25) is 6.23 Å². The average Bonchev–Trinajstić information content (AvgIpc) is 3.20. The second-order valence-corrected chi connectivity index (χ2v) is 6.87. The number of hydrogen-bond donors (Lipinski definition) is 0. The average molecular weight is 371 g/mol. The number of hydrazone groups is 1. The summed E-state index contributed by atoms with van der Waals surface area (Å²) in [7, 11) is 0. The van der Waals surface area contributed by atoms with E-state index in [1.807, 2.05) is 49.4 Å². The highest BCUT2D eigenvalue weighted by Gasteiger charge is 2.41. The Hall–Kier alpha value is -3.34. The van der Waals surface area contributed by atoms with Crippen LogP contribution in [-0.2, 0) is 0 Å². The lowest BCUT2D eigenvalue weighted by Gasteiger charge is -2.37. The molecule has 0 bridgehead atoms. The number of ether oxygens (including phenoxy) is 2. The minimum Gasteiger partial charge on any atom is -0.494 e. The minimum atomic E-state index is -0.332. The molecule has 140 valence electrons. The van der Waals surface area contributed by atoms with Crippen LogP contribution >= 0.6 is 0 Å². The fraction of sp³-hybridized carbons (Fsp3) is 0.217. The van der Waals surface area contributed by atoms with E-state index in [0.29, 0.717) is 6.61 Å². The smallest absolute Gasteiger partial charge is 0.230 e. The van der Waals surface area contributed by atoms with Crippen molar-refractivity contribution in [2.24, 2.45) is 5.10 Å². The van der Waals surface area contributed by atoms with Gasteiger partial charge in [-0.2, -0.15) is 5.10 Å². The fourth-order valence-electron chi connectivity index (χ4n) is 3.84. The maximum atomic E-state index is 6.30. The number of pyridine rings is 1. The van der Waals surface area contributed by atoms with Gasteiger partial charge in [-0.1, -0.05) is 24.3 Å². The Balaban J connectivity index is 1.53. The molecule has 2 atom stereocenters. The van der Waals surface area contributed by atoms with Crippen LogP contribution in [0, 0.1) is 0 Å². The van der Waals surface area contributed by atoms with Gasteiger partial charge >= 0.3 is 0 Å². The van der Waals surface area contributed by atoms with Crippen LogP contribution in [-0.4, -0.2) is 22.3 Å². The number of aromatic nitrogens is 1. The van der Waals surface area contributed by atoms with Crippen LogP contribution in [0.3, 0.4) is 0 Å². The van der Waals surface area contributed by atoms with Crippen LogP contribution in [0.25, 0.3) is 0 Å². The van der Waals surface area contributed by atoms with E-state index in [0.717, 1.165) is 34.9 Å². The molecular formula is C23H21N3O2. The molecule has 2 aromatic carbocycles. The Morgan fingerprint density at radius 2 is 1.86 bits per heavy atom. The van der Waals surface area contributed by atoms with Crippen LogP contribution in [0.2, 0.25) is 0 Å². The molecule has 0 saturated carbocycles. The summed E-state index contributed by atoms with van der Waals surface area (Å²) >= 11 is 0. The summed E-state index contributed by atoms with van der Waals surface area (Å²) in [6, 6.07) is 22.4. The number of rotatable bonds is 4.